The Morgan fingerprint density at radius 2 is 1.62 bits per heavy atom. The highest BCUT2D eigenvalue weighted by molar-refractivity contribution is 7.86. The quantitative estimate of drug-likeness (QED) is 0.194. The Labute approximate surface area is 207 Å². The zero-order valence-electron chi connectivity index (χ0n) is 22.1. The SMILES string of the molecule is CCOC(=O)C(C(OS(C)(=O)=O)[C@H](CC)COS(C)(=O)=O)[C@H]1CC[C@@H](O[Si](C)(C)C(C)(C)C)C1. The monoisotopic (exact) mass is 544 g/mol. The third kappa shape index (κ3) is 9.85. The van der Waals surface area contributed by atoms with Gasteiger partial charge in [0, 0.05) is 12.0 Å². The van der Waals surface area contributed by atoms with E-state index in [2.05, 4.69) is 33.9 Å². The number of hydrogen-bond acceptors (Lipinski definition) is 9. The van der Waals surface area contributed by atoms with Gasteiger partial charge < -0.3 is 9.16 Å². The Morgan fingerprint density at radius 3 is 2.06 bits per heavy atom. The lowest BCUT2D eigenvalue weighted by molar-refractivity contribution is -0.156. The average Bonchev–Trinajstić information content (AvgIpc) is 3.06. The molecule has 0 aromatic heterocycles. The van der Waals surface area contributed by atoms with Crippen LogP contribution in [0.1, 0.15) is 60.3 Å². The van der Waals surface area contributed by atoms with Crippen LogP contribution in [-0.2, 0) is 42.6 Å². The molecule has 5 atom stereocenters. The second kappa shape index (κ2) is 12.1. The fourth-order valence-electron chi connectivity index (χ4n) is 4.12. The predicted molar refractivity (Wildman–Crippen MR) is 134 cm³/mol. The van der Waals surface area contributed by atoms with E-state index < -0.39 is 52.5 Å². The van der Waals surface area contributed by atoms with Crippen molar-refractivity contribution in [3.63, 3.8) is 0 Å². The molecule has 9 nitrogen and oxygen atoms in total. The second-order valence-corrected chi connectivity index (χ2v) is 18.8. The zero-order valence-corrected chi connectivity index (χ0v) is 24.8. The maximum Gasteiger partial charge on any atom is 0.311 e. The summed E-state index contributed by atoms with van der Waals surface area (Å²) in [7, 11) is -9.75. The van der Waals surface area contributed by atoms with Gasteiger partial charge in [-0.1, -0.05) is 27.7 Å². The van der Waals surface area contributed by atoms with E-state index in [0.29, 0.717) is 19.3 Å². The summed E-state index contributed by atoms with van der Waals surface area (Å²) in [4.78, 5) is 13.1. The smallest absolute Gasteiger partial charge is 0.311 e. The zero-order chi connectivity index (χ0) is 26.5. The first-order valence-corrected chi connectivity index (χ1v) is 18.4. The molecule has 0 aromatic rings. The van der Waals surface area contributed by atoms with Gasteiger partial charge >= 0.3 is 5.97 Å². The van der Waals surface area contributed by atoms with Gasteiger partial charge in [0.1, 0.15) is 0 Å². The molecule has 0 spiro atoms. The first kappa shape index (κ1) is 31.5. The molecule has 0 heterocycles. The molecule has 1 fully saturated rings. The molecule has 0 aliphatic heterocycles. The van der Waals surface area contributed by atoms with E-state index in [1.165, 1.54) is 0 Å². The normalized spacial score (nSPS) is 22.9. The van der Waals surface area contributed by atoms with Gasteiger partial charge in [-0.05, 0) is 56.7 Å². The van der Waals surface area contributed by atoms with Crippen LogP contribution in [0.25, 0.3) is 0 Å². The lowest BCUT2D eigenvalue weighted by Crippen LogP contribution is -2.45. The van der Waals surface area contributed by atoms with Gasteiger partial charge in [-0.2, -0.15) is 16.8 Å². The van der Waals surface area contributed by atoms with Crippen molar-refractivity contribution in [3.05, 3.63) is 0 Å². The van der Waals surface area contributed by atoms with Crippen LogP contribution in [0, 0.1) is 17.8 Å². The number of esters is 1. The molecule has 0 radical (unpaired) electrons. The number of carbonyl (C=O) groups excluding carboxylic acids is 1. The van der Waals surface area contributed by atoms with Crippen molar-refractivity contribution in [2.45, 2.75) is 90.6 Å². The Morgan fingerprint density at radius 1 is 1.03 bits per heavy atom. The first-order valence-electron chi connectivity index (χ1n) is 11.9. The molecule has 12 heteroatoms. The number of hydrogen-bond donors (Lipinski definition) is 0. The van der Waals surface area contributed by atoms with Crippen molar-refractivity contribution in [1.82, 2.24) is 0 Å². The maximum absolute atomic E-state index is 13.1. The average molecular weight is 545 g/mol. The molecule has 0 saturated heterocycles. The minimum atomic E-state index is -3.95. The summed E-state index contributed by atoms with van der Waals surface area (Å²) in [6.07, 6.45) is 3.00. The third-order valence-electron chi connectivity index (χ3n) is 6.88. The summed E-state index contributed by atoms with van der Waals surface area (Å²) in [6, 6.07) is 0. The number of ether oxygens (including phenoxy) is 1. The van der Waals surface area contributed by atoms with E-state index in [9.17, 15) is 21.6 Å². The molecular weight excluding hydrogens is 500 g/mol. The minimum absolute atomic E-state index is 0.0316. The molecule has 0 aromatic carbocycles. The van der Waals surface area contributed by atoms with E-state index in [4.69, 9.17) is 17.5 Å². The fraction of sp³-hybridized carbons (Fsp3) is 0.955. The highest BCUT2D eigenvalue weighted by Crippen LogP contribution is 2.43. The van der Waals surface area contributed by atoms with E-state index >= 15 is 0 Å². The van der Waals surface area contributed by atoms with Crippen molar-refractivity contribution in [1.29, 1.82) is 0 Å². The van der Waals surface area contributed by atoms with Crippen LogP contribution < -0.4 is 0 Å². The van der Waals surface area contributed by atoms with Gasteiger partial charge in [0.15, 0.2) is 8.32 Å². The Hall–Kier alpha value is -0.533. The standard InChI is InChI=1S/C22H44O9S2Si/c1-10-16(15-29-32(6,24)25)20(30-33(7,26)27)19(21(23)28-11-2)17-12-13-18(14-17)31-34(8,9)22(3,4)5/h16-20H,10-15H2,1-9H3/t16-,17+,18-,19?,20?/m1/s1. The Kier molecular flexibility index (Phi) is 11.2. The molecule has 0 amide bonds. The van der Waals surface area contributed by atoms with Gasteiger partial charge in [0.25, 0.3) is 20.2 Å². The van der Waals surface area contributed by atoms with Gasteiger partial charge in [-0.25, -0.2) is 0 Å². The Balaban J connectivity index is 3.29. The summed E-state index contributed by atoms with van der Waals surface area (Å²) in [5, 5.41) is 0.0316. The summed E-state index contributed by atoms with van der Waals surface area (Å²) >= 11 is 0. The van der Waals surface area contributed by atoms with E-state index in [1.807, 2.05) is 0 Å². The lowest BCUT2D eigenvalue weighted by Gasteiger charge is -2.39. The van der Waals surface area contributed by atoms with E-state index in [1.54, 1.807) is 13.8 Å². The van der Waals surface area contributed by atoms with Crippen molar-refractivity contribution in [2.24, 2.45) is 17.8 Å². The Bertz CT molecular complexity index is 879. The van der Waals surface area contributed by atoms with Crippen molar-refractivity contribution in [2.75, 3.05) is 25.7 Å². The summed E-state index contributed by atoms with van der Waals surface area (Å²) in [5.74, 6) is -2.32. The lowest BCUT2D eigenvalue weighted by atomic mass is 9.80. The maximum atomic E-state index is 13.1. The molecule has 1 aliphatic carbocycles. The van der Waals surface area contributed by atoms with Crippen LogP contribution in [0.3, 0.4) is 0 Å². The third-order valence-corrected chi connectivity index (χ3v) is 12.6. The molecule has 0 bridgehead atoms. The fourth-order valence-corrected chi connectivity index (χ4v) is 6.63. The minimum Gasteiger partial charge on any atom is -0.466 e. The molecule has 1 rings (SSSR count). The topological polar surface area (TPSA) is 122 Å². The molecule has 202 valence electrons. The van der Waals surface area contributed by atoms with Crippen LogP contribution in [0.2, 0.25) is 18.1 Å². The first-order chi connectivity index (χ1) is 15.3. The summed E-state index contributed by atoms with van der Waals surface area (Å²) < 4.78 is 69.9. The van der Waals surface area contributed by atoms with Crippen molar-refractivity contribution in [3.8, 4) is 0 Å². The molecule has 2 unspecified atom stereocenters. The summed E-state index contributed by atoms with van der Waals surface area (Å²) in [6.45, 7) is 14.1. The van der Waals surface area contributed by atoms with Crippen LogP contribution in [0.15, 0.2) is 0 Å². The van der Waals surface area contributed by atoms with Gasteiger partial charge in [-0.15, -0.1) is 0 Å². The van der Waals surface area contributed by atoms with Gasteiger partial charge in [-0.3, -0.25) is 13.2 Å². The highest BCUT2D eigenvalue weighted by atomic mass is 32.2. The second-order valence-electron chi connectivity index (χ2n) is 10.8. The summed E-state index contributed by atoms with van der Waals surface area (Å²) in [5.41, 5.74) is 0. The van der Waals surface area contributed by atoms with Crippen molar-refractivity contribution < 1.29 is 39.2 Å². The van der Waals surface area contributed by atoms with Crippen LogP contribution in [-0.4, -0.2) is 69.1 Å². The molecule has 1 saturated carbocycles. The van der Waals surface area contributed by atoms with E-state index in [0.717, 1.165) is 18.9 Å². The highest BCUT2D eigenvalue weighted by Gasteiger charge is 2.47. The van der Waals surface area contributed by atoms with E-state index in [-0.39, 0.29) is 30.3 Å². The molecular formula is C22H44O9S2Si. The van der Waals surface area contributed by atoms with Crippen LogP contribution in [0.5, 0.6) is 0 Å². The largest absolute Gasteiger partial charge is 0.466 e. The van der Waals surface area contributed by atoms with Gasteiger partial charge in [0.2, 0.25) is 0 Å². The van der Waals surface area contributed by atoms with Crippen LogP contribution >= 0.6 is 0 Å². The van der Waals surface area contributed by atoms with Crippen LogP contribution in [0.4, 0.5) is 0 Å². The number of rotatable bonds is 13. The number of carbonyl (C=O) groups is 1. The molecule has 1 aliphatic rings. The molecule has 0 N–H and O–H groups in total. The van der Waals surface area contributed by atoms with Gasteiger partial charge in [0.05, 0.1) is 37.7 Å². The predicted octanol–water partition coefficient (Wildman–Crippen LogP) is 3.70. The van der Waals surface area contributed by atoms with Crippen molar-refractivity contribution >= 4 is 34.5 Å². The molecule has 34 heavy (non-hydrogen) atoms.